The molecule has 1 fully saturated rings. The fraction of sp³-hybridized carbons (Fsp3) is 0.435. The fourth-order valence-electron chi connectivity index (χ4n) is 4.50. The van der Waals surface area contributed by atoms with Crippen molar-refractivity contribution in [2.45, 2.75) is 69.3 Å². The Bertz CT molecular complexity index is 1300. The van der Waals surface area contributed by atoms with Gasteiger partial charge in [0, 0.05) is 17.3 Å². The van der Waals surface area contributed by atoms with Gasteiger partial charge in [-0.05, 0) is 81.7 Å². The molecule has 1 aliphatic heterocycles. The van der Waals surface area contributed by atoms with Gasteiger partial charge < -0.3 is 10.4 Å². The Morgan fingerprint density at radius 2 is 2.06 bits per heavy atom. The Kier molecular flexibility index (Phi) is 4.69. The number of aryl methyl sites for hydroxylation is 1. The van der Waals surface area contributed by atoms with E-state index in [-0.39, 0.29) is 10.5 Å². The van der Waals surface area contributed by atoms with Gasteiger partial charge in [0.1, 0.15) is 0 Å². The number of urea groups is 1. The van der Waals surface area contributed by atoms with Gasteiger partial charge in [-0.2, -0.15) is 0 Å². The molecule has 1 aromatic carbocycles. The Balaban J connectivity index is 1.54. The molecule has 1 saturated carbocycles. The maximum atomic E-state index is 13.5. The first-order valence-electron chi connectivity index (χ1n) is 10.9. The third-order valence-electron chi connectivity index (χ3n) is 6.37. The standard InChI is InChI=1S/C23H26N4O4S/c1-12-19(13-7-8-13)24-17-6-4-5-15(17)20(12)25-22(29)27-32(31)18-11-14(23(2,3)30)9-10-16(18)21(28)26-32/h9-11,13,30H,4-8H2,1-3H3,(H2,24,25,26,27,28,29,31)/t32-/m1/s1. The molecule has 0 bridgehead atoms. The average Bonchev–Trinajstić information content (AvgIpc) is 3.39. The number of hydrogen-bond acceptors (Lipinski definition) is 5. The molecular weight excluding hydrogens is 428 g/mol. The largest absolute Gasteiger partial charge is 0.386 e. The Morgan fingerprint density at radius 1 is 1.31 bits per heavy atom. The normalized spacial score (nSPS) is 21.7. The number of fused-ring (bicyclic) bond motifs is 2. The summed E-state index contributed by atoms with van der Waals surface area (Å²) < 4.78 is 19.8. The molecule has 8 nitrogen and oxygen atoms in total. The van der Waals surface area contributed by atoms with E-state index in [4.69, 9.17) is 4.98 Å². The second kappa shape index (κ2) is 7.11. The maximum absolute atomic E-state index is 13.5. The summed E-state index contributed by atoms with van der Waals surface area (Å²) in [5.41, 5.74) is 4.19. The van der Waals surface area contributed by atoms with Gasteiger partial charge in [-0.1, -0.05) is 6.07 Å². The average molecular weight is 455 g/mol. The molecule has 1 aromatic heterocycles. The van der Waals surface area contributed by atoms with E-state index in [9.17, 15) is 18.9 Å². The molecule has 168 valence electrons. The van der Waals surface area contributed by atoms with Crippen molar-refractivity contribution >= 4 is 27.5 Å². The molecule has 2 aromatic rings. The summed E-state index contributed by atoms with van der Waals surface area (Å²) in [5.74, 6) is -0.118. The number of hydrogen-bond donors (Lipinski definition) is 3. The van der Waals surface area contributed by atoms with Crippen molar-refractivity contribution in [1.29, 1.82) is 0 Å². The minimum absolute atomic E-state index is 0.118. The fourth-order valence-corrected chi connectivity index (χ4v) is 6.14. The summed E-state index contributed by atoms with van der Waals surface area (Å²) in [6.45, 7) is 5.14. The molecular formula is C23H26N4O4S. The van der Waals surface area contributed by atoms with Crippen LogP contribution in [0.1, 0.15) is 77.5 Å². The first-order valence-corrected chi connectivity index (χ1v) is 12.4. The van der Waals surface area contributed by atoms with Crippen LogP contribution in [0.3, 0.4) is 0 Å². The Labute approximate surface area is 187 Å². The van der Waals surface area contributed by atoms with Gasteiger partial charge in [-0.15, -0.1) is 4.36 Å². The molecule has 3 N–H and O–H groups in total. The molecule has 2 heterocycles. The number of amides is 3. The van der Waals surface area contributed by atoms with Crippen molar-refractivity contribution in [2.75, 3.05) is 5.32 Å². The third-order valence-corrected chi connectivity index (χ3v) is 8.19. The number of nitrogens with zero attached hydrogens (tertiary/aromatic N) is 2. The van der Waals surface area contributed by atoms with Crippen molar-refractivity contribution in [3.8, 4) is 0 Å². The zero-order valence-electron chi connectivity index (χ0n) is 18.3. The molecule has 3 amide bonds. The van der Waals surface area contributed by atoms with Crippen molar-refractivity contribution in [1.82, 2.24) is 9.71 Å². The molecule has 3 aliphatic rings. The summed E-state index contributed by atoms with van der Waals surface area (Å²) in [6.07, 6.45) is 4.90. The maximum Gasteiger partial charge on any atom is 0.355 e. The number of pyridine rings is 1. The lowest BCUT2D eigenvalue weighted by atomic mass is 9.97. The lowest BCUT2D eigenvalue weighted by Crippen LogP contribution is -2.23. The second-order valence-corrected chi connectivity index (χ2v) is 11.2. The summed E-state index contributed by atoms with van der Waals surface area (Å²) >= 11 is 0. The zero-order chi connectivity index (χ0) is 22.8. The van der Waals surface area contributed by atoms with Crippen LogP contribution in [0.15, 0.2) is 27.5 Å². The number of carbonyl (C=O) groups excluding carboxylic acids is 2. The zero-order valence-corrected chi connectivity index (χ0v) is 19.1. The van der Waals surface area contributed by atoms with Crippen molar-refractivity contribution in [2.24, 2.45) is 4.36 Å². The second-order valence-electron chi connectivity index (χ2n) is 9.30. The number of carbonyl (C=O) groups is 2. The van der Waals surface area contributed by atoms with Crippen LogP contribution < -0.4 is 10.0 Å². The Hall–Kier alpha value is -2.78. The molecule has 9 heteroatoms. The Morgan fingerprint density at radius 3 is 2.75 bits per heavy atom. The van der Waals surface area contributed by atoms with E-state index >= 15 is 0 Å². The van der Waals surface area contributed by atoms with E-state index in [0.717, 1.165) is 54.6 Å². The van der Waals surface area contributed by atoms with Crippen LogP contribution in [0.25, 0.3) is 0 Å². The quantitative estimate of drug-likeness (QED) is 0.653. The third kappa shape index (κ3) is 3.49. The predicted octanol–water partition coefficient (Wildman–Crippen LogP) is 3.70. The van der Waals surface area contributed by atoms with Crippen molar-refractivity contribution in [3.05, 3.63) is 51.8 Å². The van der Waals surface area contributed by atoms with E-state index in [2.05, 4.69) is 14.4 Å². The molecule has 0 radical (unpaired) electrons. The van der Waals surface area contributed by atoms with Crippen LogP contribution in [-0.4, -0.2) is 26.2 Å². The molecule has 32 heavy (non-hydrogen) atoms. The van der Waals surface area contributed by atoms with Gasteiger partial charge in [0.25, 0.3) is 5.91 Å². The van der Waals surface area contributed by atoms with Crippen LogP contribution in [0, 0.1) is 6.92 Å². The summed E-state index contributed by atoms with van der Waals surface area (Å²) in [6, 6.07) is 3.81. The molecule has 0 spiro atoms. The van der Waals surface area contributed by atoms with E-state index in [0.29, 0.717) is 17.2 Å². The highest BCUT2D eigenvalue weighted by Gasteiger charge is 2.35. The highest BCUT2D eigenvalue weighted by atomic mass is 32.2. The number of anilines is 1. The van der Waals surface area contributed by atoms with Gasteiger partial charge in [0.05, 0.1) is 21.7 Å². The van der Waals surface area contributed by atoms with Crippen LogP contribution >= 0.6 is 0 Å². The van der Waals surface area contributed by atoms with E-state index < -0.39 is 27.5 Å². The minimum Gasteiger partial charge on any atom is -0.386 e. The van der Waals surface area contributed by atoms with Crippen LogP contribution in [-0.2, 0) is 28.4 Å². The van der Waals surface area contributed by atoms with Gasteiger partial charge in [-0.25, -0.2) is 9.00 Å². The number of rotatable bonds is 3. The summed E-state index contributed by atoms with van der Waals surface area (Å²) in [4.78, 5) is 30.3. The van der Waals surface area contributed by atoms with Gasteiger partial charge in [0.2, 0.25) is 0 Å². The van der Waals surface area contributed by atoms with Crippen LogP contribution in [0.2, 0.25) is 0 Å². The SMILES string of the molecule is Cc1c(C2CC2)nc2c(c1NC(=O)N=[S@]1(=O)NC(=O)c3ccc(C(C)(C)O)cc31)CCC2. The first kappa shape index (κ1) is 21.1. The van der Waals surface area contributed by atoms with Crippen LogP contribution in [0.5, 0.6) is 0 Å². The molecule has 5 rings (SSSR count). The minimum atomic E-state index is -3.52. The van der Waals surface area contributed by atoms with Crippen LogP contribution in [0.4, 0.5) is 10.5 Å². The number of aliphatic hydroxyl groups is 1. The van der Waals surface area contributed by atoms with Crippen molar-refractivity contribution in [3.63, 3.8) is 0 Å². The summed E-state index contributed by atoms with van der Waals surface area (Å²) in [7, 11) is -3.52. The number of benzene rings is 1. The highest BCUT2D eigenvalue weighted by Crippen LogP contribution is 2.44. The molecule has 0 unspecified atom stereocenters. The number of aromatic nitrogens is 1. The predicted molar refractivity (Wildman–Crippen MR) is 120 cm³/mol. The lowest BCUT2D eigenvalue weighted by molar-refractivity contribution is 0.0782. The van der Waals surface area contributed by atoms with E-state index in [1.54, 1.807) is 19.9 Å². The molecule has 1 atom stereocenters. The van der Waals surface area contributed by atoms with E-state index in [1.807, 2.05) is 6.92 Å². The first-order chi connectivity index (χ1) is 15.1. The summed E-state index contributed by atoms with van der Waals surface area (Å²) in [5, 5.41) is 13.2. The van der Waals surface area contributed by atoms with Crippen molar-refractivity contribution < 1.29 is 18.9 Å². The van der Waals surface area contributed by atoms with Gasteiger partial charge in [0.15, 0.2) is 9.92 Å². The van der Waals surface area contributed by atoms with Gasteiger partial charge >= 0.3 is 6.03 Å². The smallest absolute Gasteiger partial charge is 0.355 e. The molecule has 0 saturated heterocycles. The van der Waals surface area contributed by atoms with Gasteiger partial charge in [-0.3, -0.25) is 14.5 Å². The lowest BCUT2D eigenvalue weighted by Gasteiger charge is -2.18. The highest BCUT2D eigenvalue weighted by molar-refractivity contribution is 7.93. The molecule has 2 aliphatic carbocycles. The topological polar surface area (TPSA) is 121 Å². The van der Waals surface area contributed by atoms with E-state index in [1.165, 1.54) is 12.1 Å². The monoisotopic (exact) mass is 454 g/mol. The number of nitrogens with one attached hydrogen (secondary N) is 2.